The van der Waals surface area contributed by atoms with Crippen molar-refractivity contribution < 1.29 is 23.1 Å². The fourth-order valence-corrected chi connectivity index (χ4v) is 3.66. The number of hydrogen-bond donors (Lipinski definition) is 2. The monoisotopic (exact) mass is 525 g/mol. The van der Waals surface area contributed by atoms with Gasteiger partial charge in [-0.25, -0.2) is 0 Å². The molecule has 2 N–H and O–H groups in total. The van der Waals surface area contributed by atoms with Crippen LogP contribution in [0.1, 0.15) is 48.9 Å². The van der Waals surface area contributed by atoms with Crippen LogP contribution in [-0.4, -0.2) is 28.9 Å². The molecule has 0 bridgehead atoms. The van der Waals surface area contributed by atoms with Crippen LogP contribution in [0.2, 0.25) is 10.0 Å². The van der Waals surface area contributed by atoms with Gasteiger partial charge >= 0.3 is 12.2 Å². The number of alkyl halides is 3. The number of aliphatic hydroxyl groups is 1. The molecule has 1 aliphatic heterocycles. The van der Waals surface area contributed by atoms with Crippen molar-refractivity contribution in [3.63, 3.8) is 0 Å². The van der Waals surface area contributed by atoms with Gasteiger partial charge in [-0.15, -0.1) is 0 Å². The number of amidine groups is 1. The molecule has 3 rings (SSSR count). The van der Waals surface area contributed by atoms with Gasteiger partial charge in [0, 0.05) is 22.2 Å². The van der Waals surface area contributed by atoms with Gasteiger partial charge in [-0.05, 0) is 68.5 Å². The molecule has 0 fully saturated rings. The number of carbonyl (C=O) groups is 1. The number of aliphatic hydroxyl groups excluding tert-OH is 1. The summed E-state index contributed by atoms with van der Waals surface area (Å²) in [6, 6.07) is 9.81. The Labute approximate surface area is 211 Å². The van der Waals surface area contributed by atoms with Gasteiger partial charge in [0.15, 0.2) is 0 Å². The van der Waals surface area contributed by atoms with E-state index in [-0.39, 0.29) is 6.54 Å². The third-order valence-electron chi connectivity index (χ3n) is 5.72. The lowest BCUT2D eigenvalue weighted by atomic mass is 9.91. The van der Waals surface area contributed by atoms with Crippen LogP contribution in [0.5, 0.6) is 0 Å². The third-order valence-corrected chi connectivity index (χ3v) is 6.45. The molecule has 0 saturated heterocycles. The Morgan fingerprint density at radius 2 is 1.80 bits per heavy atom. The number of halogens is 5. The highest BCUT2D eigenvalue weighted by molar-refractivity contribution is 6.32. The van der Waals surface area contributed by atoms with E-state index in [2.05, 4.69) is 15.3 Å². The molecular weight excluding hydrogens is 502 g/mol. The topological polar surface area (TPSA) is 74.1 Å². The zero-order valence-electron chi connectivity index (χ0n) is 19.3. The minimum absolute atomic E-state index is 0.137. The molecule has 0 aliphatic carbocycles. The molecule has 5 nitrogen and oxygen atoms in total. The van der Waals surface area contributed by atoms with E-state index in [1.54, 1.807) is 30.3 Å². The van der Waals surface area contributed by atoms with Crippen molar-refractivity contribution in [3.05, 3.63) is 74.8 Å². The van der Waals surface area contributed by atoms with Crippen molar-refractivity contribution >= 4 is 46.5 Å². The zero-order valence-corrected chi connectivity index (χ0v) is 20.8. The van der Waals surface area contributed by atoms with E-state index >= 15 is 0 Å². The van der Waals surface area contributed by atoms with Gasteiger partial charge in [0.25, 0.3) is 0 Å². The molecule has 0 aromatic heterocycles. The molecule has 1 aliphatic rings. The second-order valence-corrected chi connectivity index (χ2v) is 9.50. The summed E-state index contributed by atoms with van der Waals surface area (Å²) in [6.07, 6.45) is -1.85. The first-order valence-electron chi connectivity index (χ1n) is 10.8. The molecule has 1 heterocycles. The Bertz CT molecular complexity index is 1230. The molecule has 10 heteroatoms. The van der Waals surface area contributed by atoms with Crippen LogP contribution in [0, 0.1) is 12.3 Å². The summed E-state index contributed by atoms with van der Waals surface area (Å²) in [6.45, 7) is 3.40. The summed E-state index contributed by atoms with van der Waals surface area (Å²) in [5, 5.41) is 13.6. The Morgan fingerprint density at radius 1 is 1.09 bits per heavy atom. The fourth-order valence-electron chi connectivity index (χ4n) is 3.26. The fraction of sp³-hybridized carbons (Fsp3) is 0.320. The number of rotatable bonds is 5. The number of hydrogen-bond acceptors (Lipinski definition) is 3. The van der Waals surface area contributed by atoms with Crippen molar-refractivity contribution in [3.8, 4) is 0 Å². The number of benzene rings is 2. The standard InChI is InChI=1S/C25H24Cl2F3N3O2/c1-14-7-9-16(12-19(14)27)20-5-4-6-21(33-23(35)32-20)17-11-15(8-10-18(17)26)13-31-22(34)24(2,3)25(28,29)30/h6-12H,4-5,13H2,1-3H3,(H,31,34)(H,33,35)/b21-6+,32-20+. The summed E-state index contributed by atoms with van der Waals surface area (Å²) in [7, 11) is 0. The molecule has 0 atom stereocenters. The number of allylic oxidation sites excluding steroid dienone is 1. The first kappa shape index (κ1) is 26.8. The van der Waals surface area contributed by atoms with Crippen molar-refractivity contribution in [1.29, 1.82) is 0 Å². The molecule has 0 radical (unpaired) electrons. The number of aryl methyl sites for hydroxylation is 1. The van der Waals surface area contributed by atoms with E-state index in [1.807, 2.05) is 19.1 Å². The normalized spacial score (nSPS) is 19.4. The SMILES string of the molecule is Cc1ccc(/C2=N/C(O)=N\C(c3cc(CNC(=O)C(C)(C)C(F)(F)F)ccc3Cl)=C\CC2)cc1Cl. The maximum absolute atomic E-state index is 13.1. The highest BCUT2D eigenvalue weighted by atomic mass is 35.5. The van der Waals surface area contributed by atoms with Crippen LogP contribution in [0.4, 0.5) is 13.2 Å². The molecule has 186 valence electrons. The summed E-state index contributed by atoms with van der Waals surface area (Å²) in [5.41, 5.74) is 1.13. The van der Waals surface area contributed by atoms with Gasteiger partial charge in [-0.1, -0.05) is 47.5 Å². The smallest absolute Gasteiger partial charge is 0.402 e. The Kier molecular flexibility index (Phi) is 7.97. The van der Waals surface area contributed by atoms with Crippen LogP contribution >= 0.6 is 23.2 Å². The van der Waals surface area contributed by atoms with E-state index in [0.717, 1.165) is 25.0 Å². The van der Waals surface area contributed by atoms with Crippen LogP contribution in [0.3, 0.4) is 0 Å². The minimum Gasteiger partial charge on any atom is -0.479 e. The molecule has 2 aromatic rings. The van der Waals surface area contributed by atoms with Crippen LogP contribution in [0.25, 0.3) is 5.70 Å². The van der Waals surface area contributed by atoms with Gasteiger partial charge in [-0.2, -0.15) is 23.2 Å². The average molecular weight is 526 g/mol. The lowest BCUT2D eigenvalue weighted by Crippen LogP contribution is -2.46. The quantitative estimate of drug-likeness (QED) is 0.439. The van der Waals surface area contributed by atoms with Crippen LogP contribution in [-0.2, 0) is 11.3 Å². The van der Waals surface area contributed by atoms with Crippen molar-refractivity contribution in [2.75, 3.05) is 0 Å². The Morgan fingerprint density at radius 3 is 2.46 bits per heavy atom. The number of aliphatic imine (C=N–C) groups is 2. The maximum atomic E-state index is 13.1. The van der Waals surface area contributed by atoms with E-state index in [1.165, 1.54) is 0 Å². The summed E-state index contributed by atoms with van der Waals surface area (Å²) >= 11 is 12.6. The number of nitrogens with one attached hydrogen (secondary N) is 1. The van der Waals surface area contributed by atoms with Gasteiger partial charge < -0.3 is 10.4 Å². The Balaban J connectivity index is 1.83. The number of amides is 1. The van der Waals surface area contributed by atoms with Crippen molar-refractivity contribution in [1.82, 2.24) is 5.32 Å². The lowest BCUT2D eigenvalue weighted by Gasteiger charge is -2.26. The average Bonchev–Trinajstić information content (AvgIpc) is 2.76. The maximum Gasteiger partial charge on any atom is 0.402 e. The molecular formula is C25H24Cl2F3N3O2. The highest BCUT2D eigenvalue weighted by Crippen LogP contribution is 2.37. The second kappa shape index (κ2) is 10.4. The van der Waals surface area contributed by atoms with Crippen LogP contribution in [0.15, 0.2) is 52.5 Å². The molecule has 0 spiro atoms. The third kappa shape index (κ3) is 6.24. The lowest BCUT2D eigenvalue weighted by molar-refractivity contribution is -0.211. The molecule has 35 heavy (non-hydrogen) atoms. The number of carbonyl (C=O) groups excluding carboxylic acids is 1. The number of nitrogens with zero attached hydrogens (tertiary/aromatic N) is 2. The predicted molar refractivity (Wildman–Crippen MR) is 133 cm³/mol. The largest absolute Gasteiger partial charge is 0.479 e. The molecule has 2 aromatic carbocycles. The summed E-state index contributed by atoms with van der Waals surface area (Å²) < 4.78 is 39.3. The zero-order chi connectivity index (χ0) is 26.0. The predicted octanol–water partition coefficient (Wildman–Crippen LogP) is 7.04. The molecule has 0 saturated carbocycles. The summed E-state index contributed by atoms with van der Waals surface area (Å²) in [4.78, 5) is 20.5. The minimum atomic E-state index is -4.68. The second-order valence-electron chi connectivity index (χ2n) is 8.68. The van der Waals surface area contributed by atoms with E-state index in [0.29, 0.717) is 45.4 Å². The molecule has 0 unspecified atom stereocenters. The highest BCUT2D eigenvalue weighted by Gasteiger charge is 2.52. The molecule has 1 amide bonds. The first-order chi connectivity index (χ1) is 16.3. The van der Waals surface area contributed by atoms with Gasteiger partial charge in [0.2, 0.25) is 5.91 Å². The first-order valence-corrected chi connectivity index (χ1v) is 11.5. The van der Waals surface area contributed by atoms with Gasteiger partial charge in [-0.3, -0.25) is 4.79 Å². The van der Waals surface area contributed by atoms with E-state index < -0.39 is 23.5 Å². The van der Waals surface area contributed by atoms with Crippen molar-refractivity contribution in [2.45, 2.75) is 46.3 Å². The summed E-state index contributed by atoms with van der Waals surface area (Å²) in [5.74, 6) is -1.14. The van der Waals surface area contributed by atoms with E-state index in [9.17, 15) is 23.1 Å². The van der Waals surface area contributed by atoms with E-state index in [4.69, 9.17) is 23.2 Å². The van der Waals surface area contributed by atoms with Gasteiger partial charge in [0.1, 0.15) is 5.41 Å². The van der Waals surface area contributed by atoms with Crippen LogP contribution < -0.4 is 5.32 Å². The van der Waals surface area contributed by atoms with Gasteiger partial charge in [0.05, 0.1) is 11.4 Å². The Hall–Kier alpha value is -2.84. The van der Waals surface area contributed by atoms with Crippen molar-refractivity contribution in [2.24, 2.45) is 15.4 Å².